The van der Waals surface area contributed by atoms with Gasteiger partial charge in [0.25, 0.3) is 0 Å². The lowest BCUT2D eigenvalue weighted by Gasteiger charge is -2.36. The van der Waals surface area contributed by atoms with E-state index in [0.717, 1.165) is 5.75 Å². The predicted octanol–water partition coefficient (Wildman–Crippen LogP) is 3.24. The molecule has 0 aliphatic carbocycles. The van der Waals surface area contributed by atoms with E-state index in [1.807, 2.05) is 18.2 Å². The molecule has 5 heteroatoms. The molecule has 1 rings (SSSR count). The second kappa shape index (κ2) is 5.97. The first-order valence-corrected chi connectivity index (χ1v) is 9.62. The van der Waals surface area contributed by atoms with E-state index in [-0.39, 0.29) is 5.04 Å². The fourth-order valence-electron chi connectivity index (χ4n) is 1.48. The van der Waals surface area contributed by atoms with Gasteiger partial charge in [-0.1, -0.05) is 32.9 Å². The Bertz CT molecular complexity index is 480. The van der Waals surface area contributed by atoms with Gasteiger partial charge in [0.2, 0.25) is 8.32 Å². The van der Waals surface area contributed by atoms with E-state index < -0.39 is 20.3 Å². The molecule has 0 radical (unpaired) electrons. The Morgan fingerprint density at radius 3 is 2.40 bits per heavy atom. The maximum atomic E-state index is 11.5. The van der Waals surface area contributed by atoms with Crippen molar-refractivity contribution in [3.63, 3.8) is 0 Å². The molecule has 1 unspecified atom stereocenters. The first-order valence-electron chi connectivity index (χ1n) is 6.71. The summed E-state index contributed by atoms with van der Waals surface area (Å²) in [7, 11) is -0.564. The van der Waals surface area contributed by atoms with E-state index in [9.17, 15) is 4.79 Å². The zero-order valence-electron chi connectivity index (χ0n) is 13.2. The average molecular weight is 295 g/mol. The Kier molecular flexibility index (Phi) is 4.99. The quantitative estimate of drug-likeness (QED) is 0.684. The molecule has 112 valence electrons. The van der Waals surface area contributed by atoms with Gasteiger partial charge in [0, 0.05) is 0 Å². The molecular formula is C15H25NO3Si. The van der Waals surface area contributed by atoms with Gasteiger partial charge in [0.15, 0.2) is 0 Å². The number of hydrogen-bond acceptors (Lipinski definition) is 4. The molecule has 0 aromatic heterocycles. The van der Waals surface area contributed by atoms with Crippen molar-refractivity contribution >= 4 is 14.3 Å². The molecule has 0 aliphatic heterocycles. The van der Waals surface area contributed by atoms with E-state index in [4.69, 9.17) is 10.2 Å². The minimum Gasteiger partial charge on any atom is -0.543 e. The highest BCUT2D eigenvalue weighted by molar-refractivity contribution is 6.74. The number of carbonyl (C=O) groups excluding carboxylic acids is 1. The number of esters is 1. The van der Waals surface area contributed by atoms with Crippen molar-refractivity contribution in [2.45, 2.75) is 44.9 Å². The third-order valence-corrected chi connectivity index (χ3v) is 8.21. The predicted molar refractivity (Wildman–Crippen MR) is 83.2 cm³/mol. The Labute approximate surface area is 122 Å². The van der Waals surface area contributed by atoms with Crippen molar-refractivity contribution in [2.75, 3.05) is 7.11 Å². The molecule has 0 bridgehead atoms. The van der Waals surface area contributed by atoms with E-state index >= 15 is 0 Å². The van der Waals surface area contributed by atoms with Crippen molar-refractivity contribution in [3.8, 4) is 5.75 Å². The molecule has 0 spiro atoms. The summed E-state index contributed by atoms with van der Waals surface area (Å²) in [6.45, 7) is 10.9. The largest absolute Gasteiger partial charge is 0.543 e. The van der Waals surface area contributed by atoms with Gasteiger partial charge < -0.3 is 14.9 Å². The van der Waals surface area contributed by atoms with Gasteiger partial charge in [-0.15, -0.1) is 0 Å². The Hall–Kier alpha value is -1.33. The van der Waals surface area contributed by atoms with E-state index in [2.05, 4.69) is 38.6 Å². The zero-order valence-corrected chi connectivity index (χ0v) is 14.2. The van der Waals surface area contributed by atoms with Gasteiger partial charge in [0.1, 0.15) is 11.8 Å². The van der Waals surface area contributed by atoms with Crippen LogP contribution in [0.2, 0.25) is 18.1 Å². The van der Waals surface area contributed by atoms with Crippen LogP contribution in [0.25, 0.3) is 0 Å². The van der Waals surface area contributed by atoms with Crippen LogP contribution in [0, 0.1) is 0 Å². The summed E-state index contributed by atoms with van der Waals surface area (Å²) >= 11 is 0. The maximum Gasteiger partial charge on any atom is 0.327 e. The summed E-state index contributed by atoms with van der Waals surface area (Å²) in [5, 5.41) is 0.119. The number of ether oxygens (including phenoxy) is 1. The molecule has 4 nitrogen and oxygen atoms in total. The Morgan fingerprint density at radius 2 is 1.90 bits per heavy atom. The van der Waals surface area contributed by atoms with Crippen LogP contribution in [-0.4, -0.2) is 21.4 Å². The molecule has 0 aliphatic rings. The highest BCUT2D eigenvalue weighted by Crippen LogP contribution is 2.37. The summed E-state index contributed by atoms with van der Waals surface area (Å²) in [6.07, 6.45) is 0. The van der Waals surface area contributed by atoms with Crippen molar-refractivity contribution in [1.82, 2.24) is 0 Å². The molecule has 2 N–H and O–H groups in total. The van der Waals surface area contributed by atoms with Crippen LogP contribution in [0.5, 0.6) is 5.75 Å². The SMILES string of the molecule is COC(=O)C(N)c1cccc(O[Si](C)(C)C(C)(C)C)c1. The standard InChI is InChI=1S/C15H25NO3Si/c1-15(2,3)20(5,6)19-12-9-7-8-11(10-12)13(16)14(17)18-4/h7-10,13H,16H2,1-6H3. The van der Waals surface area contributed by atoms with Crippen LogP contribution < -0.4 is 10.2 Å². The van der Waals surface area contributed by atoms with Gasteiger partial charge in [-0.2, -0.15) is 0 Å². The number of nitrogens with two attached hydrogens (primary N) is 1. The van der Waals surface area contributed by atoms with Crippen LogP contribution in [0.1, 0.15) is 32.4 Å². The molecule has 0 heterocycles. The molecule has 1 aromatic carbocycles. The minimum atomic E-state index is -1.90. The third-order valence-electron chi connectivity index (χ3n) is 3.85. The summed E-state index contributed by atoms with van der Waals surface area (Å²) < 4.78 is 10.9. The van der Waals surface area contributed by atoms with Gasteiger partial charge in [-0.05, 0) is 35.8 Å². The number of rotatable bonds is 4. The summed E-state index contributed by atoms with van der Waals surface area (Å²) in [6, 6.07) is 6.60. The average Bonchev–Trinajstić information content (AvgIpc) is 2.35. The molecule has 0 fully saturated rings. The highest BCUT2D eigenvalue weighted by atomic mass is 28.4. The molecule has 0 saturated heterocycles. The number of carbonyl (C=O) groups is 1. The van der Waals surface area contributed by atoms with Gasteiger partial charge in [0.05, 0.1) is 7.11 Å². The monoisotopic (exact) mass is 295 g/mol. The zero-order chi connectivity index (χ0) is 15.6. The fraction of sp³-hybridized carbons (Fsp3) is 0.533. The lowest BCUT2D eigenvalue weighted by molar-refractivity contribution is -0.142. The topological polar surface area (TPSA) is 61.5 Å². The van der Waals surface area contributed by atoms with E-state index in [0.29, 0.717) is 5.56 Å². The second-order valence-electron chi connectivity index (χ2n) is 6.44. The Balaban J connectivity index is 2.97. The summed E-state index contributed by atoms with van der Waals surface area (Å²) in [5.41, 5.74) is 6.55. The van der Waals surface area contributed by atoms with Crippen LogP contribution in [-0.2, 0) is 9.53 Å². The van der Waals surface area contributed by atoms with Gasteiger partial charge in [-0.25, -0.2) is 0 Å². The lowest BCUT2D eigenvalue weighted by Crippen LogP contribution is -2.43. The van der Waals surface area contributed by atoms with Crippen molar-refractivity contribution in [3.05, 3.63) is 29.8 Å². The van der Waals surface area contributed by atoms with Crippen LogP contribution in [0.15, 0.2) is 24.3 Å². The third kappa shape index (κ3) is 3.83. The van der Waals surface area contributed by atoms with Crippen molar-refractivity contribution in [1.29, 1.82) is 0 Å². The lowest BCUT2D eigenvalue weighted by atomic mass is 10.1. The normalized spacial score (nSPS) is 13.8. The number of hydrogen-bond donors (Lipinski definition) is 1. The van der Waals surface area contributed by atoms with Gasteiger partial charge >= 0.3 is 5.97 Å². The molecule has 1 aromatic rings. The Morgan fingerprint density at radius 1 is 1.30 bits per heavy atom. The molecular weight excluding hydrogens is 270 g/mol. The van der Waals surface area contributed by atoms with Crippen molar-refractivity contribution in [2.24, 2.45) is 5.73 Å². The first kappa shape index (κ1) is 16.7. The molecule has 20 heavy (non-hydrogen) atoms. The maximum absolute atomic E-state index is 11.5. The molecule has 0 amide bonds. The first-order chi connectivity index (χ1) is 9.08. The van der Waals surface area contributed by atoms with Crippen LogP contribution in [0.4, 0.5) is 0 Å². The fourth-order valence-corrected chi connectivity index (χ4v) is 2.50. The second-order valence-corrected chi connectivity index (χ2v) is 11.2. The van der Waals surface area contributed by atoms with Crippen LogP contribution in [0.3, 0.4) is 0 Å². The van der Waals surface area contributed by atoms with Crippen LogP contribution >= 0.6 is 0 Å². The smallest absolute Gasteiger partial charge is 0.327 e. The highest BCUT2D eigenvalue weighted by Gasteiger charge is 2.39. The molecule has 1 atom stereocenters. The minimum absolute atomic E-state index is 0.119. The summed E-state index contributed by atoms with van der Waals surface area (Å²) in [4.78, 5) is 11.5. The number of benzene rings is 1. The van der Waals surface area contributed by atoms with Crippen molar-refractivity contribution < 1.29 is 14.0 Å². The summed E-state index contributed by atoms with van der Waals surface area (Å²) in [5.74, 6) is 0.308. The number of methoxy groups -OCH3 is 1. The molecule has 0 saturated carbocycles. The van der Waals surface area contributed by atoms with Gasteiger partial charge in [-0.3, -0.25) is 4.79 Å². The van der Waals surface area contributed by atoms with E-state index in [1.165, 1.54) is 7.11 Å². The van der Waals surface area contributed by atoms with E-state index in [1.54, 1.807) is 6.07 Å².